The van der Waals surface area contributed by atoms with Crippen molar-refractivity contribution in [2.24, 2.45) is 0 Å². The molecule has 0 bridgehead atoms. The van der Waals surface area contributed by atoms with Crippen molar-refractivity contribution in [2.45, 2.75) is 31.6 Å². The smallest absolute Gasteiger partial charge is 0.240 e. The summed E-state index contributed by atoms with van der Waals surface area (Å²) in [4.78, 5) is 24.7. The van der Waals surface area contributed by atoms with E-state index >= 15 is 0 Å². The van der Waals surface area contributed by atoms with E-state index in [2.05, 4.69) is 4.72 Å². The molecule has 0 radical (unpaired) electrons. The molecule has 0 unspecified atom stereocenters. The molecule has 0 spiro atoms. The highest BCUT2D eigenvalue weighted by atomic mass is 32.2. The number of sulfonamides is 1. The van der Waals surface area contributed by atoms with Crippen LogP contribution in [0.1, 0.15) is 24.0 Å². The Hall–Kier alpha value is -2.71. The Balaban J connectivity index is 1.58. The third kappa shape index (κ3) is 4.40. The van der Waals surface area contributed by atoms with Crippen LogP contribution in [0.3, 0.4) is 0 Å². The van der Waals surface area contributed by atoms with E-state index in [0.717, 1.165) is 16.0 Å². The van der Waals surface area contributed by atoms with Gasteiger partial charge >= 0.3 is 0 Å². The Morgan fingerprint density at radius 2 is 1.64 bits per heavy atom. The minimum Gasteiger partial charge on any atom is -0.492 e. The number of hydrogen-bond donors (Lipinski definition) is 1. The Morgan fingerprint density at radius 3 is 2.25 bits per heavy atom. The number of hydrogen-bond acceptors (Lipinski definition) is 5. The average molecular weight is 402 g/mol. The molecule has 0 aliphatic carbocycles. The van der Waals surface area contributed by atoms with Crippen LogP contribution in [0, 0.1) is 13.8 Å². The lowest BCUT2D eigenvalue weighted by molar-refractivity contribution is -0.121. The molecule has 148 valence electrons. The second kappa shape index (κ2) is 8.12. The van der Waals surface area contributed by atoms with Gasteiger partial charge < -0.3 is 4.74 Å². The first kappa shape index (κ1) is 20.0. The molecule has 1 N–H and O–H groups in total. The quantitative estimate of drug-likeness (QED) is 0.567. The number of nitrogens with one attached hydrogen (secondary N) is 1. The van der Waals surface area contributed by atoms with Crippen molar-refractivity contribution in [1.82, 2.24) is 4.72 Å². The molecule has 2 aromatic rings. The Bertz CT molecular complexity index is 984. The number of carbonyl (C=O) groups excluding carboxylic acids is 2. The monoisotopic (exact) mass is 402 g/mol. The van der Waals surface area contributed by atoms with Gasteiger partial charge in [-0.25, -0.2) is 13.1 Å². The molecule has 0 atom stereocenters. The van der Waals surface area contributed by atoms with Crippen LogP contribution >= 0.6 is 0 Å². The fourth-order valence-corrected chi connectivity index (χ4v) is 4.03. The van der Waals surface area contributed by atoms with E-state index in [0.29, 0.717) is 11.4 Å². The van der Waals surface area contributed by atoms with Crippen LogP contribution in [0.5, 0.6) is 5.75 Å². The van der Waals surface area contributed by atoms with Crippen molar-refractivity contribution in [3.63, 3.8) is 0 Å². The molecule has 7 nitrogen and oxygen atoms in total. The summed E-state index contributed by atoms with van der Waals surface area (Å²) in [5, 5.41) is 0. The van der Waals surface area contributed by atoms with Gasteiger partial charge in [0.15, 0.2) is 0 Å². The molecular weight excluding hydrogens is 380 g/mol. The summed E-state index contributed by atoms with van der Waals surface area (Å²) in [5.41, 5.74) is 2.50. The van der Waals surface area contributed by atoms with Crippen molar-refractivity contribution in [1.29, 1.82) is 0 Å². The SMILES string of the molecule is Cc1ccc(OCCNS(=O)(=O)c2ccc(N3C(=O)CCC3=O)cc2)c(C)c1. The third-order valence-electron chi connectivity index (χ3n) is 4.44. The van der Waals surface area contributed by atoms with E-state index in [4.69, 9.17) is 4.74 Å². The van der Waals surface area contributed by atoms with E-state index < -0.39 is 10.0 Å². The molecule has 8 heteroatoms. The summed E-state index contributed by atoms with van der Waals surface area (Å²) < 4.78 is 32.9. The van der Waals surface area contributed by atoms with Crippen molar-refractivity contribution >= 4 is 27.5 Å². The predicted octanol–water partition coefficient (Wildman–Crippen LogP) is 2.31. The molecule has 1 aliphatic heterocycles. The molecule has 1 fully saturated rings. The maximum absolute atomic E-state index is 12.4. The van der Waals surface area contributed by atoms with Crippen molar-refractivity contribution in [3.8, 4) is 5.75 Å². The maximum atomic E-state index is 12.4. The van der Waals surface area contributed by atoms with Gasteiger partial charge in [0.05, 0.1) is 10.6 Å². The first-order valence-corrected chi connectivity index (χ1v) is 10.4. The normalized spacial score (nSPS) is 14.6. The van der Waals surface area contributed by atoms with Crippen LogP contribution in [0.4, 0.5) is 5.69 Å². The largest absolute Gasteiger partial charge is 0.492 e. The molecule has 28 heavy (non-hydrogen) atoms. The summed E-state index contributed by atoms with van der Waals surface area (Å²) in [6.45, 7) is 4.23. The molecular formula is C20H22N2O5S. The number of rotatable bonds is 7. The first-order chi connectivity index (χ1) is 13.3. The van der Waals surface area contributed by atoms with Crippen LogP contribution in [-0.2, 0) is 19.6 Å². The highest BCUT2D eigenvalue weighted by molar-refractivity contribution is 7.89. The van der Waals surface area contributed by atoms with Gasteiger partial charge in [-0.1, -0.05) is 17.7 Å². The maximum Gasteiger partial charge on any atom is 0.240 e. The Labute approximate surface area is 164 Å². The zero-order valence-electron chi connectivity index (χ0n) is 15.8. The van der Waals surface area contributed by atoms with Crippen LogP contribution in [-0.4, -0.2) is 33.4 Å². The first-order valence-electron chi connectivity index (χ1n) is 8.93. The van der Waals surface area contributed by atoms with Gasteiger partial charge in [0.1, 0.15) is 12.4 Å². The van der Waals surface area contributed by atoms with Gasteiger partial charge in [-0.2, -0.15) is 0 Å². The molecule has 1 saturated heterocycles. The zero-order valence-corrected chi connectivity index (χ0v) is 16.6. The highest BCUT2D eigenvalue weighted by Crippen LogP contribution is 2.24. The minimum absolute atomic E-state index is 0.0573. The Morgan fingerprint density at radius 1 is 1.00 bits per heavy atom. The van der Waals surface area contributed by atoms with E-state index in [-0.39, 0.29) is 42.7 Å². The molecule has 2 amide bonds. The fraction of sp³-hybridized carbons (Fsp3) is 0.300. The van der Waals surface area contributed by atoms with E-state index in [1.54, 1.807) is 0 Å². The lowest BCUT2D eigenvalue weighted by Crippen LogP contribution is -2.29. The number of benzene rings is 2. The van der Waals surface area contributed by atoms with Crippen molar-refractivity contribution in [2.75, 3.05) is 18.1 Å². The van der Waals surface area contributed by atoms with Crippen LogP contribution in [0.15, 0.2) is 47.4 Å². The average Bonchev–Trinajstić information content (AvgIpc) is 2.99. The number of imide groups is 1. The molecule has 3 rings (SSSR count). The highest BCUT2D eigenvalue weighted by Gasteiger charge is 2.30. The molecule has 0 saturated carbocycles. The summed E-state index contributed by atoms with van der Waals surface area (Å²) in [7, 11) is -3.72. The number of carbonyl (C=O) groups is 2. The van der Waals surface area contributed by atoms with Crippen LogP contribution in [0.25, 0.3) is 0 Å². The lowest BCUT2D eigenvalue weighted by atomic mass is 10.1. The predicted molar refractivity (Wildman–Crippen MR) is 105 cm³/mol. The zero-order chi connectivity index (χ0) is 20.3. The summed E-state index contributed by atoms with van der Waals surface area (Å²) in [6.07, 6.45) is 0.363. The van der Waals surface area contributed by atoms with Gasteiger partial charge in [-0.05, 0) is 49.7 Å². The summed E-state index contributed by atoms with van der Waals surface area (Å²) >= 11 is 0. The second-order valence-electron chi connectivity index (χ2n) is 6.63. The van der Waals surface area contributed by atoms with Gasteiger partial charge in [-0.3, -0.25) is 14.5 Å². The number of anilines is 1. The number of nitrogens with zero attached hydrogens (tertiary/aromatic N) is 1. The standard InChI is InChI=1S/C20H22N2O5S/c1-14-3-8-18(15(2)13-14)27-12-11-21-28(25,26)17-6-4-16(5-7-17)22-19(23)9-10-20(22)24/h3-8,13,21H,9-12H2,1-2H3. The summed E-state index contributed by atoms with van der Waals surface area (Å²) in [6, 6.07) is 11.5. The van der Waals surface area contributed by atoms with Crippen LogP contribution in [0.2, 0.25) is 0 Å². The van der Waals surface area contributed by atoms with E-state index in [1.807, 2.05) is 32.0 Å². The van der Waals surface area contributed by atoms with Crippen molar-refractivity contribution < 1.29 is 22.7 Å². The van der Waals surface area contributed by atoms with Crippen LogP contribution < -0.4 is 14.4 Å². The van der Waals surface area contributed by atoms with E-state index in [9.17, 15) is 18.0 Å². The lowest BCUT2D eigenvalue weighted by Gasteiger charge is -2.14. The molecule has 1 aliphatic rings. The number of amides is 2. The van der Waals surface area contributed by atoms with Gasteiger partial charge in [0, 0.05) is 19.4 Å². The number of aryl methyl sites for hydroxylation is 2. The molecule has 0 aromatic heterocycles. The van der Waals surface area contributed by atoms with Crippen molar-refractivity contribution in [3.05, 3.63) is 53.6 Å². The van der Waals surface area contributed by atoms with E-state index in [1.165, 1.54) is 24.3 Å². The second-order valence-corrected chi connectivity index (χ2v) is 8.40. The topological polar surface area (TPSA) is 92.8 Å². The van der Waals surface area contributed by atoms with Gasteiger partial charge in [0.25, 0.3) is 0 Å². The van der Waals surface area contributed by atoms with Gasteiger partial charge in [0.2, 0.25) is 21.8 Å². The minimum atomic E-state index is -3.72. The Kier molecular flexibility index (Phi) is 5.81. The molecule has 1 heterocycles. The fourth-order valence-electron chi connectivity index (χ4n) is 3.02. The third-order valence-corrected chi connectivity index (χ3v) is 5.92. The summed E-state index contributed by atoms with van der Waals surface area (Å²) in [5.74, 6) is 0.165. The molecule has 2 aromatic carbocycles. The number of ether oxygens (including phenoxy) is 1. The van der Waals surface area contributed by atoms with Gasteiger partial charge in [-0.15, -0.1) is 0 Å².